The second-order valence-electron chi connectivity index (χ2n) is 3.25. The summed E-state index contributed by atoms with van der Waals surface area (Å²) in [4.78, 5) is 11.4. The molecule has 0 heterocycles. The first-order chi connectivity index (χ1) is 8.02. The fourth-order valence-electron chi connectivity index (χ4n) is 1.07. The van der Waals surface area contributed by atoms with Crippen LogP contribution in [0.4, 0.5) is 0 Å². The van der Waals surface area contributed by atoms with E-state index in [2.05, 4.69) is 24.1 Å². The van der Waals surface area contributed by atoms with E-state index in [1.165, 1.54) is 0 Å². The van der Waals surface area contributed by atoms with Crippen LogP contribution in [0.15, 0.2) is 12.2 Å². The van der Waals surface area contributed by atoms with E-state index in [0.29, 0.717) is 6.42 Å². The summed E-state index contributed by atoms with van der Waals surface area (Å²) in [7, 11) is 0. The van der Waals surface area contributed by atoms with Gasteiger partial charge in [-0.1, -0.05) is 32.6 Å². The highest BCUT2D eigenvalue weighted by molar-refractivity contribution is 8.13. The topological polar surface area (TPSA) is 40.5 Å². The van der Waals surface area contributed by atoms with E-state index in [0.717, 1.165) is 29.3 Å². The van der Waals surface area contributed by atoms with Crippen molar-refractivity contribution in [3.63, 3.8) is 0 Å². The number of rotatable bonds is 9. The molecule has 0 aromatic carbocycles. The summed E-state index contributed by atoms with van der Waals surface area (Å²) >= 11 is 8.71. The maximum absolute atomic E-state index is 10.6. The lowest BCUT2D eigenvalue weighted by Crippen LogP contribution is -2.16. The number of thiocarbonyl (C=S) groups is 1. The Balaban J connectivity index is 3.97. The highest BCUT2D eigenvalue weighted by atomic mass is 32.2. The van der Waals surface area contributed by atoms with E-state index in [1.807, 2.05) is 0 Å². The Morgan fingerprint density at radius 1 is 1.29 bits per heavy atom. The summed E-state index contributed by atoms with van der Waals surface area (Å²) in [6, 6.07) is 0. The quantitative estimate of drug-likeness (QED) is 0.396. The van der Waals surface area contributed by atoms with E-state index >= 15 is 0 Å². The summed E-state index contributed by atoms with van der Waals surface area (Å²) in [5.41, 5.74) is 0.255. The van der Waals surface area contributed by atoms with Crippen LogP contribution in [0.25, 0.3) is 0 Å². The third-order valence-electron chi connectivity index (χ3n) is 1.87. The van der Waals surface area contributed by atoms with Gasteiger partial charge >= 0.3 is 5.97 Å². The summed E-state index contributed by atoms with van der Waals surface area (Å²) in [5, 5.41) is 8.67. The van der Waals surface area contributed by atoms with E-state index < -0.39 is 5.97 Å². The molecule has 0 saturated carbocycles. The van der Waals surface area contributed by atoms with Gasteiger partial charge in [-0.3, -0.25) is 3.71 Å². The van der Waals surface area contributed by atoms with E-state index in [4.69, 9.17) is 17.3 Å². The average Bonchev–Trinajstić information content (AvgIpc) is 2.28. The smallest absolute Gasteiger partial charge is 0.330 e. The number of hydrogen-bond donors (Lipinski definition) is 1. The lowest BCUT2D eigenvalue weighted by molar-refractivity contribution is -0.132. The highest BCUT2D eigenvalue weighted by Crippen LogP contribution is 2.24. The summed E-state index contributed by atoms with van der Waals surface area (Å²) in [5.74, 6) is 1.04. The minimum absolute atomic E-state index is 0.255. The molecule has 0 aromatic rings. The average molecular weight is 293 g/mol. The predicted octanol–water partition coefficient (Wildman–Crippen LogP) is 3.76. The van der Waals surface area contributed by atoms with Gasteiger partial charge in [0.1, 0.15) is 0 Å². The zero-order valence-corrected chi connectivity index (χ0v) is 12.7. The molecule has 0 amide bonds. The third-order valence-corrected chi connectivity index (χ3v) is 4.54. The molecule has 0 aliphatic rings. The molecule has 98 valence electrons. The highest BCUT2D eigenvalue weighted by Gasteiger charge is 2.10. The fraction of sp³-hybridized carbons (Fsp3) is 0.636. The van der Waals surface area contributed by atoms with Crippen LogP contribution in [-0.2, 0) is 4.79 Å². The maximum atomic E-state index is 10.6. The zero-order valence-electron chi connectivity index (χ0n) is 10.3. The lowest BCUT2D eigenvalue weighted by Gasteiger charge is -2.21. The zero-order chi connectivity index (χ0) is 13.3. The summed E-state index contributed by atoms with van der Waals surface area (Å²) in [6.07, 6.45) is 1.98. The molecule has 0 radical (unpaired) electrons. The van der Waals surface area contributed by atoms with Gasteiger partial charge in [-0.25, -0.2) is 4.79 Å². The van der Waals surface area contributed by atoms with Gasteiger partial charge < -0.3 is 5.11 Å². The third kappa shape index (κ3) is 7.68. The van der Waals surface area contributed by atoms with Crippen LogP contribution in [0.2, 0.25) is 0 Å². The molecule has 0 bridgehead atoms. The number of carbonyl (C=O) groups is 1. The second-order valence-corrected chi connectivity index (χ2v) is 6.35. The standard InChI is InChI=1S/C11H19NO2S3/c1-4-16-12(17-5-2)10(15)8-6-7-9(3)11(13)14/h3-8H2,1-2H3,(H,13,14). The number of carboxylic acids is 1. The molecular formula is C11H19NO2S3. The van der Waals surface area contributed by atoms with E-state index in [1.54, 1.807) is 23.9 Å². The van der Waals surface area contributed by atoms with Gasteiger partial charge in [-0.05, 0) is 36.7 Å². The van der Waals surface area contributed by atoms with Crippen molar-refractivity contribution in [2.24, 2.45) is 0 Å². The molecule has 0 aliphatic heterocycles. The van der Waals surface area contributed by atoms with Crippen molar-refractivity contribution in [2.75, 3.05) is 11.5 Å². The Hall–Kier alpha value is -0.200. The fourth-order valence-corrected chi connectivity index (χ4v) is 3.40. The number of hydrogen-bond acceptors (Lipinski definition) is 4. The van der Waals surface area contributed by atoms with Crippen LogP contribution >= 0.6 is 36.1 Å². The van der Waals surface area contributed by atoms with Crippen molar-refractivity contribution < 1.29 is 9.90 Å². The van der Waals surface area contributed by atoms with Crippen LogP contribution in [0, 0.1) is 0 Å². The molecule has 1 N–H and O–H groups in total. The van der Waals surface area contributed by atoms with Crippen molar-refractivity contribution in [1.29, 1.82) is 0 Å². The van der Waals surface area contributed by atoms with Crippen LogP contribution in [-0.4, -0.2) is 31.3 Å². The Morgan fingerprint density at radius 2 is 1.82 bits per heavy atom. The lowest BCUT2D eigenvalue weighted by atomic mass is 10.1. The maximum Gasteiger partial charge on any atom is 0.330 e. The Kier molecular flexibility index (Phi) is 9.68. The first-order valence-corrected chi connectivity index (χ1v) is 7.82. The van der Waals surface area contributed by atoms with Crippen LogP contribution < -0.4 is 0 Å². The molecule has 3 nitrogen and oxygen atoms in total. The van der Waals surface area contributed by atoms with Gasteiger partial charge in [0.15, 0.2) is 0 Å². The SMILES string of the molecule is C=C(CCCC(=S)N(SCC)SCC)C(=O)O. The second kappa shape index (κ2) is 9.79. The summed E-state index contributed by atoms with van der Waals surface area (Å²) < 4.78 is 2.05. The van der Waals surface area contributed by atoms with Gasteiger partial charge in [0, 0.05) is 23.5 Å². The summed E-state index contributed by atoms with van der Waals surface area (Å²) in [6.45, 7) is 7.67. The molecular weight excluding hydrogens is 274 g/mol. The molecule has 0 fully saturated rings. The van der Waals surface area contributed by atoms with Gasteiger partial charge in [0.25, 0.3) is 0 Å². The molecule has 0 saturated heterocycles. The molecule has 0 unspecified atom stereocenters. The largest absolute Gasteiger partial charge is 0.478 e. The van der Waals surface area contributed by atoms with Crippen LogP contribution in [0.1, 0.15) is 33.1 Å². The van der Waals surface area contributed by atoms with E-state index in [9.17, 15) is 4.79 Å². The van der Waals surface area contributed by atoms with Crippen LogP contribution in [0.3, 0.4) is 0 Å². The van der Waals surface area contributed by atoms with Crippen molar-refractivity contribution in [3.8, 4) is 0 Å². The van der Waals surface area contributed by atoms with Gasteiger partial charge in [-0.2, -0.15) is 0 Å². The Labute approximate surface area is 117 Å². The number of aliphatic carboxylic acids is 1. The Bertz CT molecular complexity index is 276. The Morgan fingerprint density at radius 3 is 2.24 bits per heavy atom. The van der Waals surface area contributed by atoms with Gasteiger partial charge in [0.05, 0.1) is 4.99 Å². The molecule has 0 atom stereocenters. The normalized spacial score (nSPS) is 10.0. The first-order valence-electron chi connectivity index (χ1n) is 5.52. The number of carboxylic acid groups (broad SMARTS) is 1. The molecule has 6 heteroatoms. The molecule has 0 aromatic heterocycles. The predicted molar refractivity (Wildman–Crippen MR) is 81.3 cm³/mol. The molecule has 0 rings (SSSR count). The monoisotopic (exact) mass is 293 g/mol. The van der Waals surface area contributed by atoms with Crippen molar-refractivity contribution in [3.05, 3.63) is 12.2 Å². The van der Waals surface area contributed by atoms with Gasteiger partial charge in [-0.15, -0.1) is 0 Å². The van der Waals surface area contributed by atoms with Gasteiger partial charge in [0.2, 0.25) is 0 Å². The van der Waals surface area contributed by atoms with Crippen LogP contribution in [0.5, 0.6) is 0 Å². The van der Waals surface area contributed by atoms with Crippen molar-refractivity contribution >= 4 is 47.1 Å². The molecule has 17 heavy (non-hydrogen) atoms. The van der Waals surface area contributed by atoms with E-state index in [-0.39, 0.29) is 5.57 Å². The van der Waals surface area contributed by atoms with Crippen molar-refractivity contribution in [2.45, 2.75) is 33.1 Å². The molecule has 0 spiro atoms. The first kappa shape index (κ1) is 16.8. The molecule has 0 aliphatic carbocycles. The number of nitrogens with zero attached hydrogens (tertiary/aromatic N) is 1. The minimum atomic E-state index is -0.918. The minimum Gasteiger partial charge on any atom is -0.478 e. The van der Waals surface area contributed by atoms with Crippen molar-refractivity contribution in [1.82, 2.24) is 3.71 Å².